The van der Waals surface area contributed by atoms with Crippen molar-refractivity contribution in [2.45, 2.75) is 87.9 Å². The molecule has 0 heterocycles. The highest BCUT2D eigenvalue weighted by Gasteiger charge is 2.55. The fraction of sp³-hybridized carbons (Fsp3) is 0.526. The summed E-state index contributed by atoms with van der Waals surface area (Å²) in [4.78, 5) is 0. The standard InChI is InChI=1S/C38H46N4O2/c39-27-1-3-33(31(41)11-27)43-35-13-30(38-18-24-8-25(19-38)10-26(9-24)20-38)36(44-34-4-2-28(40)12-32(34)42)14-29(35)37-15-21-5-22(16-37)7-23(6-21)17-37/h1-4,11-14,21-26H,5-10,15-20,39-42H2. The van der Waals surface area contributed by atoms with Crippen LogP contribution in [0.15, 0.2) is 48.5 Å². The summed E-state index contributed by atoms with van der Waals surface area (Å²) in [5.74, 6) is 8.10. The number of rotatable bonds is 6. The van der Waals surface area contributed by atoms with Crippen molar-refractivity contribution in [2.75, 3.05) is 22.9 Å². The Morgan fingerprint density at radius 1 is 0.432 bits per heavy atom. The zero-order valence-electron chi connectivity index (χ0n) is 25.7. The van der Waals surface area contributed by atoms with E-state index < -0.39 is 0 Å². The quantitative estimate of drug-likeness (QED) is 0.213. The summed E-state index contributed by atoms with van der Waals surface area (Å²) in [5, 5.41) is 0. The molecule has 8 N–H and O–H groups in total. The fourth-order valence-corrected chi connectivity index (χ4v) is 12.0. The maximum atomic E-state index is 6.96. The SMILES string of the molecule is Nc1ccc(Oc2cc(C34CC5CC(CC(C5)C3)C4)c(Oc3ccc(N)cc3N)cc2C23CC4CC(CC(C4)C2)C3)c(N)c1. The van der Waals surface area contributed by atoms with Gasteiger partial charge in [-0.2, -0.15) is 0 Å². The number of nitrogens with two attached hydrogens (primary N) is 4. The first kappa shape index (κ1) is 26.8. The van der Waals surface area contributed by atoms with Crippen LogP contribution in [0.5, 0.6) is 23.0 Å². The molecule has 11 rings (SSSR count). The lowest BCUT2D eigenvalue weighted by molar-refractivity contribution is -0.00823. The second kappa shape index (κ2) is 9.48. The van der Waals surface area contributed by atoms with Gasteiger partial charge in [0.15, 0.2) is 0 Å². The molecule has 0 amide bonds. The molecule has 8 fully saturated rings. The average molecular weight is 591 g/mol. The van der Waals surface area contributed by atoms with Gasteiger partial charge in [-0.05, 0) is 172 Å². The molecule has 3 aromatic carbocycles. The smallest absolute Gasteiger partial charge is 0.150 e. The van der Waals surface area contributed by atoms with Crippen molar-refractivity contribution >= 4 is 22.7 Å². The predicted molar refractivity (Wildman–Crippen MR) is 177 cm³/mol. The topological polar surface area (TPSA) is 123 Å². The molecule has 0 radical (unpaired) electrons. The van der Waals surface area contributed by atoms with Gasteiger partial charge < -0.3 is 32.4 Å². The van der Waals surface area contributed by atoms with Gasteiger partial charge in [0, 0.05) is 22.5 Å². The molecule has 0 aromatic heterocycles. The van der Waals surface area contributed by atoms with E-state index in [2.05, 4.69) is 12.1 Å². The Hall–Kier alpha value is -3.54. The van der Waals surface area contributed by atoms with Crippen molar-refractivity contribution < 1.29 is 9.47 Å². The molecule has 8 aliphatic rings. The van der Waals surface area contributed by atoms with E-state index in [0.29, 0.717) is 34.2 Å². The van der Waals surface area contributed by atoms with Crippen LogP contribution >= 0.6 is 0 Å². The highest BCUT2D eigenvalue weighted by molar-refractivity contribution is 5.65. The Morgan fingerprint density at radius 3 is 1.05 bits per heavy atom. The van der Waals surface area contributed by atoms with E-state index in [1.165, 1.54) is 88.2 Å². The van der Waals surface area contributed by atoms with Crippen LogP contribution in [-0.2, 0) is 10.8 Å². The van der Waals surface area contributed by atoms with Crippen molar-refractivity contribution in [2.24, 2.45) is 35.5 Å². The Morgan fingerprint density at radius 2 is 0.750 bits per heavy atom. The molecular weight excluding hydrogens is 544 g/mol. The highest BCUT2D eigenvalue weighted by Crippen LogP contribution is 2.66. The lowest BCUT2D eigenvalue weighted by Crippen LogP contribution is -2.49. The summed E-state index contributed by atoms with van der Waals surface area (Å²) in [5.41, 5.74) is 30.4. The van der Waals surface area contributed by atoms with Gasteiger partial charge in [-0.25, -0.2) is 0 Å². The predicted octanol–water partition coefficient (Wildman–Crippen LogP) is 8.54. The van der Waals surface area contributed by atoms with Gasteiger partial charge in [0.2, 0.25) is 0 Å². The Balaban J connectivity index is 1.24. The summed E-state index contributed by atoms with van der Waals surface area (Å²) < 4.78 is 13.9. The first-order valence-corrected chi connectivity index (χ1v) is 17.1. The third-order valence-electron chi connectivity index (χ3n) is 12.8. The Kier molecular flexibility index (Phi) is 5.78. The highest BCUT2D eigenvalue weighted by atomic mass is 16.5. The molecule has 6 heteroatoms. The van der Waals surface area contributed by atoms with Crippen molar-refractivity contribution in [1.29, 1.82) is 0 Å². The lowest BCUT2D eigenvalue weighted by atomic mass is 9.47. The zero-order chi connectivity index (χ0) is 29.8. The Bertz CT molecular complexity index is 1450. The molecule has 0 spiro atoms. The molecule has 44 heavy (non-hydrogen) atoms. The second-order valence-electron chi connectivity index (χ2n) is 16.0. The second-order valence-corrected chi connectivity index (χ2v) is 16.0. The van der Waals surface area contributed by atoms with Gasteiger partial charge in [-0.3, -0.25) is 0 Å². The van der Waals surface area contributed by atoms with Crippen LogP contribution in [0.4, 0.5) is 22.7 Å². The lowest BCUT2D eigenvalue weighted by Gasteiger charge is -2.58. The van der Waals surface area contributed by atoms with E-state index in [1.54, 1.807) is 12.1 Å². The zero-order valence-corrected chi connectivity index (χ0v) is 25.7. The van der Waals surface area contributed by atoms with E-state index in [-0.39, 0.29) is 10.8 Å². The molecule has 6 nitrogen and oxygen atoms in total. The maximum absolute atomic E-state index is 6.96. The minimum absolute atomic E-state index is 0.0947. The van der Waals surface area contributed by atoms with Crippen LogP contribution in [-0.4, -0.2) is 0 Å². The maximum Gasteiger partial charge on any atom is 0.150 e. The van der Waals surface area contributed by atoms with E-state index >= 15 is 0 Å². The first-order valence-electron chi connectivity index (χ1n) is 17.1. The van der Waals surface area contributed by atoms with Gasteiger partial charge >= 0.3 is 0 Å². The first-order chi connectivity index (χ1) is 21.2. The molecule has 8 bridgehead atoms. The Labute approximate surface area is 260 Å². The molecule has 3 aromatic rings. The number of benzene rings is 3. The van der Waals surface area contributed by atoms with E-state index in [9.17, 15) is 0 Å². The van der Waals surface area contributed by atoms with Crippen molar-refractivity contribution in [3.8, 4) is 23.0 Å². The van der Waals surface area contributed by atoms with Crippen LogP contribution in [0, 0.1) is 35.5 Å². The molecule has 8 saturated carbocycles. The van der Waals surface area contributed by atoms with Crippen LogP contribution < -0.4 is 32.4 Å². The number of ether oxygens (including phenoxy) is 2. The van der Waals surface area contributed by atoms with Crippen molar-refractivity contribution in [3.63, 3.8) is 0 Å². The normalized spacial score (nSPS) is 36.1. The fourth-order valence-electron chi connectivity index (χ4n) is 12.0. The van der Waals surface area contributed by atoms with Crippen molar-refractivity contribution in [1.82, 2.24) is 0 Å². The molecule has 0 saturated heterocycles. The van der Waals surface area contributed by atoms with Crippen LogP contribution in [0.1, 0.15) is 88.2 Å². The average Bonchev–Trinajstić information content (AvgIpc) is 2.95. The van der Waals surface area contributed by atoms with E-state index in [0.717, 1.165) is 47.0 Å². The van der Waals surface area contributed by atoms with Gasteiger partial charge in [-0.15, -0.1) is 0 Å². The van der Waals surface area contributed by atoms with Crippen molar-refractivity contribution in [3.05, 3.63) is 59.7 Å². The van der Waals surface area contributed by atoms with Crippen LogP contribution in [0.2, 0.25) is 0 Å². The van der Waals surface area contributed by atoms with Crippen LogP contribution in [0.25, 0.3) is 0 Å². The minimum atomic E-state index is 0.0947. The summed E-state index contributed by atoms with van der Waals surface area (Å²) in [6.45, 7) is 0. The third-order valence-corrected chi connectivity index (χ3v) is 12.8. The van der Waals surface area contributed by atoms with Gasteiger partial charge in [0.1, 0.15) is 23.0 Å². The largest absolute Gasteiger partial charge is 0.455 e. The summed E-state index contributed by atoms with van der Waals surface area (Å²) in [6.07, 6.45) is 15.7. The summed E-state index contributed by atoms with van der Waals surface area (Å²) in [6, 6.07) is 16.0. The summed E-state index contributed by atoms with van der Waals surface area (Å²) >= 11 is 0. The number of nitrogen functional groups attached to an aromatic ring is 4. The summed E-state index contributed by atoms with van der Waals surface area (Å²) in [7, 11) is 0. The van der Waals surface area contributed by atoms with Gasteiger partial charge in [0.25, 0.3) is 0 Å². The minimum Gasteiger partial charge on any atom is -0.455 e. The molecule has 230 valence electrons. The van der Waals surface area contributed by atoms with E-state index in [1.807, 2.05) is 24.3 Å². The molecule has 0 unspecified atom stereocenters. The monoisotopic (exact) mass is 590 g/mol. The molecule has 0 atom stereocenters. The number of hydrogen-bond acceptors (Lipinski definition) is 6. The van der Waals surface area contributed by atoms with E-state index in [4.69, 9.17) is 32.4 Å². The van der Waals surface area contributed by atoms with Crippen LogP contribution in [0.3, 0.4) is 0 Å². The van der Waals surface area contributed by atoms with Gasteiger partial charge in [0.05, 0.1) is 11.4 Å². The number of hydrogen-bond donors (Lipinski definition) is 4. The van der Waals surface area contributed by atoms with Gasteiger partial charge in [-0.1, -0.05) is 0 Å². The molecule has 0 aliphatic heterocycles. The number of anilines is 4. The molecular formula is C38H46N4O2. The third kappa shape index (κ3) is 4.27. The molecule has 8 aliphatic carbocycles.